The highest BCUT2D eigenvalue weighted by Gasteiger charge is 2.21. The Morgan fingerprint density at radius 2 is 2.08 bits per heavy atom. The van der Waals surface area contributed by atoms with Crippen LogP contribution in [0.2, 0.25) is 5.02 Å². The molecule has 0 radical (unpaired) electrons. The molecule has 2 rings (SSSR count). The molecule has 0 unspecified atom stereocenters. The van der Waals surface area contributed by atoms with Gasteiger partial charge in [0.1, 0.15) is 5.75 Å². The maximum atomic E-state index is 12.3. The van der Waals surface area contributed by atoms with Gasteiger partial charge in [-0.05, 0) is 69.0 Å². The summed E-state index contributed by atoms with van der Waals surface area (Å²) in [6.07, 6.45) is 3.53. The van der Waals surface area contributed by atoms with Crippen molar-refractivity contribution in [3.05, 3.63) is 28.8 Å². The van der Waals surface area contributed by atoms with E-state index in [4.69, 9.17) is 16.3 Å². The number of benzene rings is 1. The van der Waals surface area contributed by atoms with E-state index in [-0.39, 0.29) is 18.3 Å². The van der Waals surface area contributed by atoms with Gasteiger partial charge in [0, 0.05) is 24.5 Å². The molecule has 142 valence electrons. The van der Waals surface area contributed by atoms with Crippen molar-refractivity contribution in [1.82, 2.24) is 10.2 Å². The lowest BCUT2D eigenvalue weighted by Gasteiger charge is -2.32. The Bertz CT molecular complexity index is 532. The number of aryl methyl sites for hydroxylation is 1. The monoisotopic (exact) mass is 388 g/mol. The number of rotatable bonds is 8. The third kappa shape index (κ3) is 7.43. The minimum atomic E-state index is 0. The zero-order valence-corrected chi connectivity index (χ0v) is 16.8. The van der Waals surface area contributed by atoms with Crippen LogP contribution >= 0.6 is 24.0 Å². The van der Waals surface area contributed by atoms with Crippen LogP contribution in [-0.4, -0.2) is 43.6 Å². The molecule has 1 saturated heterocycles. The van der Waals surface area contributed by atoms with E-state index in [9.17, 15) is 4.79 Å². The predicted octanol–water partition coefficient (Wildman–Crippen LogP) is 4.08. The standard InChI is InChI=1S/C19H29ClN2O2.ClH/c1-3-21-14-16-8-10-22(11-9-16)19(23)5-4-12-24-17-6-7-18(20)15(2)13-17;/h6-7,13,16,21H,3-5,8-12,14H2,1-2H3;1H. The molecule has 1 fully saturated rings. The highest BCUT2D eigenvalue weighted by molar-refractivity contribution is 6.31. The lowest BCUT2D eigenvalue weighted by molar-refractivity contribution is -0.132. The van der Waals surface area contributed by atoms with Gasteiger partial charge < -0.3 is 15.0 Å². The Labute approximate surface area is 162 Å². The number of halogens is 2. The van der Waals surface area contributed by atoms with Crippen LogP contribution in [0.25, 0.3) is 0 Å². The van der Waals surface area contributed by atoms with Gasteiger partial charge in [0.05, 0.1) is 6.61 Å². The van der Waals surface area contributed by atoms with Crippen LogP contribution in [0, 0.1) is 12.8 Å². The zero-order chi connectivity index (χ0) is 17.4. The largest absolute Gasteiger partial charge is 0.494 e. The smallest absolute Gasteiger partial charge is 0.222 e. The molecule has 0 spiro atoms. The lowest BCUT2D eigenvalue weighted by atomic mass is 9.96. The third-order valence-electron chi connectivity index (χ3n) is 4.58. The molecule has 25 heavy (non-hydrogen) atoms. The molecule has 1 aliphatic rings. The van der Waals surface area contributed by atoms with Crippen molar-refractivity contribution >= 4 is 29.9 Å². The Balaban J connectivity index is 0.00000312. The molecule has 0 aromatic heterocycles. The molecule has 1 aliphatic heterocycles. The lowest BCUT2D eigenvalue weighted by Crippen LogP contribution is -2.40. The van der Waals surface area contributed by atoms with Gasteiger partial charge in [0.2, 0.25) is 5.91 Å². The molecular formula is C19H30Cl2N2O2. The van der Waals surface area contributed by atoms with Gasteiger partial charge in [-0.1, -0.05) is 18.5 Å². The Morgan fingerprint density at radius 1 is 1.36 bits per heavy atom. The van der Waals surface area contributed by atoms with Gasteiger partial charge in [-0.3, -0.25) is 4.79 Å². The fourth-order valence-electron chi connectivity index (χ4n) is 3.01. The highest BCUT2D eigenvalue weighted by atomic mass is 35.5. The van der Waals surface area contributed by atoms with Crippen LogP contribution in [0.1, 0.15) is 38.2 Å². The number of ether oxygens (including phenoxy) is 1. The van der Waals surface area contributed by atoms with Crippen molar-refractivity contribution in [2.45, 2.75) is 39.5 Å². The Hall–Kier alpha value is -0.970. The van der Waals surface area contributed by atoms with E-state index < -0.39 is 0 Å². The minimum absolute atomic E-state index is 0. The van der Waals surface area contributed by atoms with Gasteiger partial charge in [-0.15, -0.1) is 12.4 Å². The first-order valence-corrected chi connectivity index (χ1v) is 9.35. The zero-order valence-electron chi connectivity index (χ0n) is 15.2. The SMILES string of the molecule is CCNCC1CCN(C(=O)CCCOc2ccc(Cl)c(C)c2)CC1.Cl. The number of hydrogen-bond donors (Lipinski definition) is 1. The normalized spacial score (nSPS) is 14.9. The fourth-order valence-corrected chi connectivity index (χ4v) is 3.13. The molecule has 1 N–H and O–H groups in total. The van der Waals surface area contributed by atoms with Crippen molar-refractivity contribution in [2.24, 2.45) is 5.92 Å². The maximum Gasteiger partial charge on any atom is 0.222 e. The van der Waals surface area contributed by atoms with E-state index in [1.165, 1.54) is 0 Å². The van der Waals surface area contributed by atoms with E-state index in [1.54, 1.807) is 0 Å². The summed E-state index contributed by atoms with van der Waals surface area (Å²) < 4.78 is 5.70. The average Bonchev–Trinajstić information content (AvgIpc) is 2.60. The molecule has 0 aliphatic carbocycles. The molecule has 1 aromatic rings. The highest BCUT2D eigenvalue weighted by Crippen LogP contribution is 2.21. The van der Waals surface area contributed by atoms with Gasteiger partial charge in [-0.2, -0.15) is 0 Å². The second-order valence-corrected chi connectivity index (χ2v) is 6.90. The molecule has 4 nitrogen and oxygen atoms in total. The van der Waals surface area contributed by atoms with Crippen molar-refractivity contribution in [3.63, 3.8) is 0 Å². The average molecular weight is 389 g/mol. The molecule has 1 aromatic carbocycles. The van der Waals surface area contributed by atoms with Crippen molar-refractivity contribution in [3.8, 4) is 5.75 Å². The van der Waals surface area contributed by atoms with Gasteiger partial charge >= 0.3 is 0 Å². The van der Waals surface area contributed by atoms with E-state index in [1.807, 2.05) is 30.0 Å². The summed E-state index contributed by atoms with van der Waals surface area (Å²) in [4.78, 5) is 14.3. The number of carbonyl (C=O) groups excluding carboxylic acids is 1. The van der Waals surface area contributed by atoms with Crippen LogP contribution in [0.5, 0.6) is 5.75 Å². The van der Waals surface area contributed by atoms with E-state index in [2.05, 4.69) is 12.2 Å². The quantitative estimate of drug-likeness (QED) is 0.682. The number of amides is 1. The van der Waals surface area contributed by atoms with Crippen molar-refractivity contribution in [2.75, 3.05) is 32.8 Å². The second kappa shape index (κ2) is 11.6. The predicted molar refractivity (Wildman–Crippen MR) is 106 cm³/mol. The summed E-state index contributed by atoms with van der Waals surface area (Å²) in [5.41, 5.74) is 1.01. The van der Waals surface area contributed by atoms with Crippen LogP contribution < -0.4 is 10.1 Å². The summed E-state index contributed by atoms with van der Waals surface area (Å²) >= 11 is 6.00. The number of carbonyl (C=O) groups is 1. The molecule has 1 amide bonds. The number of piperidine rings is 1. The third-order valence-corrected chi connectivity index (χ3v) is 5.01. The first kappa shape index (κ1) is 22.1. The molecule has 0 atom stereocenters. The van der Waals surface area contributed by atoms with Crippen LogP contribution in [0.15, 0.2) is 18.2 Å². The first-order chi connectivity index (χ1) is 11.6. The van der Waals surface area contributed by atoms with Crippen LogP contribution in [0.4, 0.5) is 0 Å². The molecule has 0 bridgehead atoms. The van der Waals surface area contributed by atoms with E-state index >= 15 is 0 Å². The summed E-state index contributed by atoms with van der Waals surface area (Å²) in [6, 6.07) is 5.64. The summed E-state index contributed by atoms with van der Waals surface area (Å²) in [5.74, 6) is 1.78. The maximum absolute atomic E-state index is 12.3. The fraction of sp³-hybridized carbons (Fsp3) is 0.632. The van der Waals surface area contributed by atoms with Crippen molar-refractivity contribution in [1.29, 1.82) is 0 Å². The second-order valence-electron chi connectivity index (χ2n) is 6.49. The van der Waals surface area contributed by atoms with Crippen LogP contribution in [0.3, 0.4) is 0 Å². The van der Waals surface area contributed by atoms with Crippen molar-refractivity contribution < 1.29 is 9.53 Å². The van der Waals surface area contributed by atoms with Gasteiger partial charge in [0.25, 0.3) is 0 Å². The Kier molecular flexibility index (Phi) is 10.2. The summed E-state index contributed by atoms with van der Waals surface area (Å²) in [5, 5.41) is 4.14. The molecule has 1 heterocycles. The van der Waals surface area contributed by atoms with Gasteiger partial charge in [0.15, 0.2) is 0 Å². The number of nitrogens with one attached hydrogen (secondary N) is 1. The first-order valence-electron chi connectivity index (χ1n) is 8.97. The van der Waals surface area contributed by atoms with E-state index in [0.29, 0.717) is 18.9 Å². The molecule has 6 heteroatoms. The summed E-state index contributed by atoms with van der Waals surface area (Å²) in [6.45, 7) is 8.53. The Morgan fingerprint density at radius 3 is 2.72 bits per heavy atom. The summed E-state index contributed by atoms with van der Waals surface area (Å²) in [7, 11) is 0. The molecular weight excluding hydrogens is 359 g/mol. The number of hydrogen-bond acceptors (Lipinski definition) is 3. The number of likely N-dealkylation sites (tertiary alicyclic amines) is 1. The van der Waals surface area contributed by atoms with E-state index in [0.717, 1.165) is 61.8 Å². The van der Waals surface area contributed by atoms with Crippen LogP contribution in [-0.2, 0) is 4.79 Å². The van der Waals surface area contributed by atoms with Gasteiger partial charge in [-0.25, -0.2) is 0 Å². The number of nitrogens with zero attached hydrogens (tertiary/aromatic N) is 1. The topological polar surface area (TPSA) is 41.6 Å². The minimum Gasteiger partial charge on any atom is -0.494 e. The molecule has 0 saturated carbocycles.